The second kappa shape index (κ2) is 5.12. The summed E-state index contributed by atoms with van der Waals surface area (Å²) in [7, 11) is 0. The Balaban J connectivity index is 0. The Labute approximate surface area is 81.9 Å². The van der Waals surface area contributed by atoms with Crippen molar-refractivity contribution in [2.24, 2.45) is 0 Å². The van der Waals surface area contributed by atoms with E-state index in [1.165, 1.54) is 4.99 Å². The molecule has 0 amide bonds. The van der Waals surface area contributed by atoms with E-state index >= 15 is 0 Å². The summed E-state index contributed by atoms with van der Waals surface area (Å²) in [6.45, 7) is 5.46. The predicted molar refractivity (Wildman–Crippen MR) is 37.8 cm³/mol. The Morgan fingerprint density at radius 2 is 1.90 bits per heavy atom. The average Bonchev–Trinajstić information content (AvgIpc) is 1.62. The van der Waals surface area contributed by atoms with Gasteiger partial charge >= 0.3 is 18.9 Å². The van der Waals surface area contributed by atoms with Gasteiger partial charge in [-0.1, -0.05) is 36.7 Å². The van der Waals surface area contributed by atoms with Crippen molar-refractivity contribution in [3.8, 4) is 0 Å². The third-order valence-electron chi connectivity index (χ3n) is 0.496. The molecule has 0 saturated heterocycles. The van der Waals surface area contributed by atoms with Crippen LogP contribution in [0.25, 0.3) is 0 Å². The molecular weight excluding hydrogens is 191 g/mol. The minimum atomic E-state index is -0.388. The Morgan fingerprint density at radius 1 is 1.50 bits per heavy atom. The fourth-order valence-electron chi connectivity index (χ4n) is 0.324. The number of hydrogen-bond acceptors (Lipinski definition) is 2. The number of rotatable bonds is 1. The van der Waals surface area contributed by atoms with Crippen LogP contribution in [-0.2, 0) is 4.74 Å². The summed E-state index contributed by atoms with van der Waals surface area (Å²) in [6, 6.07) is 0. The van der Waals surface area contributed by atoms with Crippen molar-refractivity contribution >= 4 is 15.9 Å². The Bertz CT molecular complexity index is 117. The Kier molecular flexibility index (Phi) is 6.67. The third-order valence-corrected chi connectivity index (χ3v) is 0.870. The molecule has 0 fully saturated rings. The molecule has 0 aromatic carbocycles. The van der Waals surface area contributed by atoms with E-state index in [2.05, 4.69) is 15.9 Å². The molecule has 0 unspecified atom stereocenters. The quantitative estimate of drug-likeness (QED) is 0.376. The van der Waals surface area contributed by atoms with Crippen molar-refractivity contribution in [1.82, 2.24) is 0 Å². The van der Waals surface area contributed by atoms with Gasteiger partial charge in [0.15, 0.2) is 0 Å². The first kappa shape index (κ1) is 13.0. The van der Waals surface area contributed by atoms with Gasteiger partial charge in [0.05, 0.1) is 5.95 Å². The maximum atomic E-state index is 10.5. The molecule has 0 aromatic heterocycles. The molecule has 54 valence electrons. The van der Waals surface area contributed by atoms with Crippen LogP contribution in [0.5, 0.6) is 0 Å². The monoisotopic (exact) mass is 200 g/mol. The zero-order chi connectivity index (χ0) is 7.49. The molecular formula is C6H10BrLiO2. The first-order valence-corrected chi connectivity index (χ1v) is 3.53. The molecule has 0 aliphatic rings. The van der Waals surface area contributed by atoms with E-state index in [1.807, 2.05) is 20.8 Å². The first-order chi connectivity index (χ1) is 3.95. The molecule has 0 aliphatic heterocycles. The van der Waals surface area contributed by atoms with Crippen LogP contribution in [0.15, 0.2) is 10.9 Å². The number of hydrogen-bond donors (Lipinski definition) is 0. The summed E-state index contributed by atoms with van der Waals surface area (Å²) in [5, 5.41) is 10.5. The third kappa shape index (κ3) is 8.42. The molecule has 0 heterocycles. The van der Waals surface area contributed by atoms with E-state index in [9.17, 15) is 5.11 Å². The summed E-state index contributed by atoms with van der Waals surface area (Å²) >= 11 is 2.87. The zero-order valence-corrected chi connectivity index (χ0v) is 8.36. The van der Waals surface area contributed by atoms with Crippen molar-refractivity contribution in [3.63, 3.8) is 0 Å². The summed E-state index contributed by atoms with van der Waals surface area (Å²) < 4.78 is 4.85. The number of ether oxygens (including phenoxy) is 1. The molecule has 0 spiro atoms. The van der Waals surface area contributed by atoms with Crippen molar-refractivity contribution in [1.29, 1.82) is 0 Å². The van der Waals surface area contributed by atoms with E-state index in [4.69, 9.17) is 4.74 Å². The van der Waals surface area contributed by atoms with Crippen molar-refractivity contribution in [3.05, 3.63) is 10.9 Å². The summed E-state index contributed by atoms with van der Waals surface area (Å²) in [4.78, 5) is 1.22. The summed E-state index contributed by atoms with van der Waals surface area (Å²) in [5.74, 6) is -0.345. The van der Waals surface area contributed by atoms with Crippen molar-refractivity contribution in [2.45, 2.75) is 26.4 Å². The van der Waals surface area contributed by atoms with Crippen LogP contribution < -0.4 is 24.0 Å². The van der Waals surface area contributed by atoms with Crippen LogP contribution in [0.3, 0.4) is 0 Å². The molecule has 0 rings (SSSR count). The van der Waals surface area contributed by atoms with Gasteiger partial charge < -0.3 is 9.84 Å². The van der Waals surface area contributed by atoms with Gasteiger partial charge in [-0.15, -0.1) is 0 Å². The largest absolute Gasteiger partial charge is 1.00 e. The van der Waals surface area contributed by atoms with E-state index in [1.54, 1.807) is 0 Å². The number of halogens is 1. The Morgan fingerprint density at radius 3 is 2.00 bits per heavy atom. The molecule has 4 heteroatoms. The first-order valence-electron chi connectivity index (χ1n) is 2.62. The topological polar surface area (TPSA) is 32.3 Å². The van der Waals surface area contributed by atoms with Crippen LogP contribution in [0.2, 0.25) is 0 Å². The minimum absolute atomic E-state index is 0. The zero-order valence-electron chi connectivity index (χ0n) is 6.77. The van der Waals surface area contributed by atoms with Gasteiger partial charge in [-0.2, -0.15) is 0 Å². The van der Waals surface area contributed by atoms with E-state index in [0.717, 1.165) is 0 Å². The molecule has 0 aromatic rings. The maximum absolute atomic E-state index is 10.5. The predicted octanol–water partition coefficient (Wildman–Crippen LogP) is -1.64. The van der Waals surface area contributed by atoms with Gasteiger partial charge in [-0.3, -0.25) is 0 Å². The van der Waals surface area contributed by atoms with Gasteiger partial charge in [0.2, 0.25) is 0 Å². The standard InChI is InChI=1S/C6H11BrO2.Li/c1-6(2,3)9-5(8)4-7;/h4,8H,1-3H3;/q;+1/p-1/b5-4+;. The van der Waals surface area contributed by atoms with E-state index in [0.29, 0.717) is 0 Å². The van der Waals surface area contributed by atoms with Crippen molar-refractivity contribution < 1.29 is 28.7 Å². The van der Waals surface area contributed by atoms with Gasteiger partial charge in [-0.05, 0) is 0 Å². The molecule has 0 N–H and O–H groups in total. The van der Waals surface area contributed by atoms with E-state index < -0.39 is 0 Å². The fourth-order valence-corrected chi connectivity index (χ4v) is 0.418. The second-order valence-corrected chi connectivity index (χ2v) is 3.10. The van der Waals surface area contributed by atoms with Gasteiger partial charge in [0.1, 0.15) is 0 Å². The average molecular weight is 201 g/mol. The van der Waals surface area contributed by atoms with Gasteiger partial charge in [-0.25, -0.2) is 0 Å². The SMILES string of the molecule is CC(C)(C)O/C([O-])=C/Br.[Li+]. The molecule has 0 saturated carbocycles. The van der Waals surface area contributed by atoms with E-state index in [-0.39, 0.29) is 30.4 Å². The molecule has 2 nitrogen and oxygen atoms in total. The fraction of sp³-hybridized carbons (Fsp3) is 0.667. The van der Waals surface area contributed by atoms with Crippen LogP contribution in [0, 0.1) is 0 Å². The Hall–Kier alpha value is 0.417. The van der Waals surface area contributed by atoms with Crippen LogP contribution in [0.1, 0.15) is 20.8 Å². The van der Waals surface area contributed by atoms with Gasteiger partial charge in [0.25, 0.3) is 0 Å². The van der Waals surface area contributed by atoms with Crippen LogP contribution >= 0.6 is 15.9 Å². The van der Waals surface area contributed by atoms with Crippen molar-refractivity contribution in [2.75, 3.05) is 0 Å². The second-order valence-electron chi connectivity index (χ2n) is 2.64. The van der Waals surface area contributed by atoms with Gasteiger partial charge in [0, 0.05) is 10.6 Å². The normalized spacial score (nSPS) is 12.2. The summed E-state index contributed by atoms with van der Waals surface area (Å²) in [6.07, 6.45) is 0. The molecule has 0 radical (unpaired) electrons. The minimum Gasteiger partial charge on any atom is -0.607 e. The van der Waals surface area contributed by atoms with Crippen LogP contribution in [-0.4, -0.2) is 5.60 Å². The van der Waals surface area contributed by atoms with Crippen LogP contribution in [0.4, 0.5) is 0 Å². The molecule has 0 aliphatic carbocycles. The molecule has 0 bridgehead atoms. The summed E-state index contributed by atoms with van der Waals surface area (Å²) in [5.41, 5.74) is -0.388. The smallest absolute Gasteiger partial charge is 0.607 e. The maximum Gasteiger partial charge on any atom is 1.00 e. The molecule has 10 heavy (non-hydrogen) atoms. The molecule has 0 atom stereocenters.